The van der Waals surface area contributed by atoms with Crippen molar-refractivity contribution in [1.29, 1.82) is 0 Å². The molecule has 4 N–H and O–H groups in total. The molecule has 2 unspecified atom stereocenters. The largest absolute Gasteiger partial charge is 0.407 e. The Balaban J connectivity index is 1.78. The number of aromatic amines is 1. The molecule has 1 saturated heterocycles. The monoisotopic (exact) mass is 520 g/mol. The summed E-state index contributed by atoms with van der Waals surface area (Å²) in [6.07, 6.45) is -2.75. The van der Waals surface area contributed by atoms with Gasteiger partial charge in [-0.15, -0.1) is 0 Å². The van der Waals surface area contributed by atoms with Gasteiger partial charge in [-0.05, 0) is 21.0 Å². The van der Waals surface area contributed by atoms with E-state index in [4.69, 9.17) is 13.8 Å². The molecule has 5 atom stereocenters. The summed E-state index contributed by atoms with van der Waals surface area (Å²) in [6.45, 7) is 2.52. The fourth-order valence-corrected chi connectivity index (χ4v) is 5.18. The number of rotatable bonds is 10. The first-order valence-corrected chi connectivity index (χ1v) is 12.8. The quantitative estimate of drug-likeness (QED) is 0.246. The van der Waals surface area contributed by atoms with Crippen molar-refractivity contribution in [3.63, 3.8) is 0 Å². The molecule has 0 saturated carbocycles. The van der Waals surface area contributed by atoms with Gasteiger partial charge in [-0.1, -0.05) is 11.8 Å². The normalized spacial score (nSPS) is 26.8. The summed E-state index contributed by atoms with van der Waals surface area (Å²) in [5.41, 5.74) is -1.81. The van der Waals surface area contributed by atoms with Crippen LogP contribution in [0.1, 0.15) is 20.1 Å². The molecular formula is C18H29N6O8PS. The molecule has 1 aliphatic heterocycles. The summed E-state index contributed by atoms with van der Waals surface area (Å²) in [5.74, 6) is 0.479. The number of thioether (sulfide) groups is 1. The van der Waals surface area contributed by atoms with Crippen molar-refractivity contribution in [3.05, 3.63) is 16.7 Å². The van der Waals surface area contributed by atoms with E-state index in [1.54, 1.807) is 7.05 Å². The summed E-state index contributed by atoms with van der Waals surface area (Å²) in [6, 6.07) is 0. The number of hydrogen-bond acceptors (Lipinski definition) is 12. The van der Waals surface area contributed by atoms with Crippen LogP contribution in [0.15, 0.2) is 11.1 Å². The summed E-state index contributed by atoms with van der Waals surface area (Å²) >= 11 is 1.03. The Morgan fingerprint density at radius 3 is 2.76 bits per heavy atom. The molecule has 0 spiro atoms. The maximum atomic E-state index is 13.2. The highest BCUT2D eigenvalue weighted by Gasteiger charge is 2.53. The van der Waals surface area contributed by atoms with Crippen LogP contribution in [0.2, 0.25) is 0 Å². The Kier molecular flexibility index (Phi) is 8.20. The van der Waals surface area contributed by atoms with Gasteiger partial charge in [0.1, 0.15) is 17.8 Å². The number of fused-ring (bicyclic) bond motifs is 1. The molecule has 1 aliphatic rings. The lowest BCUT2D eigenvalue weighted by Gasteiger charge is -2.31. The molecule has 190 valence electrons. The Labute approximate surface area is 199 Å². The van der Waals surface area contributed by atoms with Gasteiger partial charge >= 0.3 is 7.75 Å². The smallest absolute Gasteiger partial charge is 0.387 e. The van der Waals surface area contributed by atoms with E-state index in [2.05, 4.69) is 20.3 Å². The average molecular weight is 521 g/mol. The van der Waals surface area contributed by atoms with Gasteiger partial charge in [0.2, 0.25) is 5.95 Å². The zero-order chi connectivity index (χ0) is 25.3. The number of anilines is 1. The highest BCUT2D eigenvalue weighted by Crippen LogP contribution is 2.52. The molecule has 14 nitrogen and oxygen atoms in total. The third-order valence-electron chi connectivity index (χ3n) is 5.22. The lowest BCUT2D eigenvalue weighted by molar-refractivity contribution is -0.113. The SMILES string of the molecule is CNc1nc2c(ncn2[C@@H]2O[C@](C)(COP(=O)(OCCSC(C)=O)N(C)C)C(O)[C@@H]2O)c(=O)[nH]1. The number of H-pyrrole nitrogens is 1. The molecule has 2 aromatic heterocycles. The predicted molar refractivity (Wildman–Crippen MR) is 125 cm³/mol. The van der Waals surface area contributed by atoms with Crippen molar-refractivity contribution in [3.8, 4) is 0 Å². The number of aliphatic hydroxyl groups excluding tert-OH is 2. The van der Waals surface area contributed by atoms with E-state index < -0.39 is 37.3 Å². The molecule has 0 aromatic carbocycles. The minimum atomic E-state index is -3.78. The highest BCUT2D eigenvalue weighted by atomic mass is 32.2. The van der Waals surface area contributed by atoms with E-state index in [1.807, 2.05) is 0 Å². The van der Waals surface area contributed by atoms with Crippen LogP contribution in [0.25, 0.3) is 11.2 Å². The zero-order valence-electron chi connectivity index (χ0n) is 19.4. The summed E-state index contributed by atoms with van der Waals surface area (Å²) < 4.78 is 32.7. The molecule has 2 aromatic rings. The molecule has 0 amide bonds. The lowest BCUT2D eigenvalue weighted by Crippen LogP contribution is -2.44. The number of nitrogens with zero attached hydrogens (tertiary/aromatic N) is 4. The standard InChI is InChI=1S/C18H29N6O8PS/c1-10(25)34-7-6-30-33(29,23(4)5)31-8-18(2)13(27)12(26)16(32-18)24-9-20-11-14(24)21-17(19-3)22-15(11)28/h9,12-13,16,26-27H,6-8H2,1-5H3,(H2,19,21,22,28)/t12-,13?,16+,18+,33?/m0/s1. The fourth-order valence-electron chi connectivity index (χ4n) is 3.32. The predicted octanol–water partition coefficient (Wildman–Crippen LogP) is 0.153. The van der Waals surface area contributed by atoms with Gasteiger partial charge in [-0.3, -0.25) is 28.2 Å². The zero-order valence-corrected chi connectivity index (χ0v) is 21.1. The number of carbonyl (C=O) groups excluding carboxylic acids is 1. The molecule has 0 radical (unpaired) electrons. The second kappa shape index (κ2) is 10.4. The second-order valence-corrected chi connectivity index (χ2v) is 11.5. The van der Waals surface area contributed by atoms with Crippen LogP contribution >= 0.6 is 19.5 Å². The Morgan fingerprint density at radius 2 is 2.15 bits per heavy atom. The van der Waals surface area contributed by atoms with E-state index >= 15 is 0 Å². The minimum Gasteiger partial charge on any atom is -0.387 e. The van der Waals surface area contributed by atoms with Crippen LogP contribution in [0.5, 0.6) is 0 Å². The summed E-state index contributed by atoms with van der Waals surface area (Å²) in [4.78, 5) is 34.1. The molecule has 0 aliphatic carbocycles. The van der Waals surface area contributed by atoms with Gasteiger partial charge in [0.25, 0.3) is 5.56 Å². The van der Waals surface area contributed by atoms with Gasteiger partial charge in [0.15, 0.2) is 22.5 Å². The van der Waals surface area contributed by atoms with Gasteiger partial charge in [-0.2, -0.15) is 4.98 Å². The van der Waals surface area contributed by atoms with Crippen LogP contribution in [-0.2, 0) is 23.1 Å². The lowest BCUT2D eigenvalue weighted by atomic mass is 9.99. The van der Waals surface area contributed by atoms with E-state index in [0.29, 0.717) is 5.75 Å². The van der Waals surface area contributed by atoms with E-state index in [9.17, 15) is 24.4 Å². The topological polar surface area (TPSA) is 181 Å². The van der Waals surface area contributed by atoms with Crippen molar-refractivity contribution < 1.29 is 33.4 Å². The molecular weight excluding hydrogens is 491 g/mol. The van der Waals surface area contributed by atoms with Crippen molar-refractivity contribution in [2.75, 3.05) is 45.4 Å². The first-order chi connectivity index (χ1) is 15.9. The molecule has 34 heavy (non-hydrogen) atoms. The molecule has 1 fully saturated rings. The first kappa shape index (κ1) is 26.8. The number of ether oxygens (including phenoxy) is 1. The number of imidazole rings is 1. The molecule has 3 heterocycles. The van der Waals surface area contributed by atoms with Gasteiger partial charge in [0, 0.05) is 19.7 Å². The number of carbonyl (C=O) groups is 1. The van der Waals surface area contributed by atoms with Crippen molar-refractivity contribution in [1.82, 2.24) is 24.2 Å². The third-order valence-corrected chi connectivity index (χ3v) is 7.94. The minimum absolute atomic E-state index is 0.000118. The average Bonchev–Trinajstić information content (AvgIpc) is 3.30. The fraction of sp³-hybridized carbons (Fsp3) is 0.667. The Morgan fingerprint density at radius 1 is 1.44 bits per heavy atom. The number of aliphatic hydroxyl groups is 2. The van der Waals surface area contributed by atoms with Crippen LogP contribution in [0, 0.1) is 0 Å². The molecule has 0 bridgehead atoms. The van der Waals surface area contributed by atoms with Crippen molar-refractivity contribution in [2.45, 2.75) is 37.9 Å². The van der Waals surface area contributed by atoms with Crippen molar-refractivity contribution in [2.24, 2.45) is 0 Å². The number of nitrogens with one attached hydrogen (secondary N) is 2. The van der Waals surface area contributed by atoms with E-state index in [0.717, 1.165) is 11.8 Å². The third kappa shape index (κ3) is 5.36. The van der Waals surface area contributed by atoms with E-state index in [1.165, 1.54) is 43.5 Å². The number of hydrogen-bond donors (Lipinski definition) is 4. The van der Waals surface area contributed by atoms with E-state index in [-0.39, 0.29) is 35.4 Å². The molecule has 3 rings (SSSR count). The Bertz CT molecular complexity index is 1140. The van der Waals surface area contributed by atoms with Crippen LogP contribution in [0.4, 0.5) is 5.95 Å². The maximum Gasteiger partial charge on any atom is 0.407 e. The number of aromatic nitrogens is 4. The highest BCUT2D eigenvalue weighted by molar-refractivity contribution is 8.13. The van der Waals surface area contributed by atoms with Crippen LogP contribution in [0.3, 0.4) is 0 Å². The first-order valence-electron chi connectivity index (χ1n) is 10.3. The second-order valence-electron chi connectivity index (χ2n) is 8.01. The van der Waals surface area contributed by atoms with Gasteiger partial charge < -0.3 is 20.3 Å². The van der Waals surface area contributed by atoms with Crippen LogP contribution in [-0.4, -0.2) is 97.4 Å². The van der Waals surface area contributed by atoms with Gasteiger partial charge in [0.05, 0.1) is 19.5 Å². The summed E-state index contributed by atoms with van der Waals surface area (Å²) in [5, 5.41) is 24.1. The van der Waals surface area contributed by atoms with Crippen molar-refractivity contribution >= 4 is 41.7 Å². The maximum absolute atomic E-state index is 13.2. The van der Waals surface area contributed by atoms with Gasteiger partial charge in [-0.25, -0.2) is 14.2 Å². The molecule has 16 heteroatoms. The Hall–Kier alpha value is -1.84. The summed E-state index contributed by atoms with van der Waals surface area (Å²) in [7, 11) is 0.809. The van der Waals surface area contributed by atoms with Crippen LogP contribution < -0.4 is 10.9 Å².